The fourth-order valence-electron chi connectivity index (χ4n) is 5.76. The zero-order valence-electron chi connectivity index (χ0n) is 18.3. The van der Waals surface area contributed by atoms with Crippen LogP contribution in [0, 0.1) is 23.0 Å². The van der Waals surface area contributed by atoms with Gasteiger partial charge in [0.05, 0.1) is 5.69 Å². The minimum absolute atomic E-state index is 0.0898. The van der Waals surface area contributed by atoms with Crippen LogP contribution in [0.25, 0.3) is 0 Å². The third-order valence-electron chi connectivity index (χ3n) is 7.22. The first-order chi connectivity index (χ1) is 15.1. The molecule has 1 saturated carbocycles. The van der Waals surface area contributed by atoms with E-state index >= 15 is 0 Å². The van der Waals surface area contributed by atoms with Crippen LogP contribution in [-0.2, 0) is 10.0 Å². The molecule has 9 heteroatoms. The maximum absolute atomic E-state index is 15.0. The van der Waals surface area contributed by atoms with E-state index in [-0.39, 0.29) is 21.8 Å². The number of hydrogen-bond donors (Lipinski definition) is 1. The van der Waals surface area contributed by atoms with Crippen molar-refractivity contribution in [1.82, 2.24) is 9.62 Å². The van der Waals surface area contributed by atoms with Crippen LogP contribution in [-0.4, -0.2) is 45.5 Å². The van der Waals surface area contributed by atoms with Crippen LogP contribution in [0.4, 0.5) is 14.5 Å². The number of nitrogens with one attached hydrogen (secondary N) is 1. The van der Waals surface area contributed by atoms with Crippen molar-refractivity contribution >= 4 is 27.3 Å². The third-order valence-corrected chi connectivity index (χ3v) is 9.02. The highest BCUT2D eigenvalue weighted by atomic mass is 35.5. The molecule has 2 aliphatic heterocycles. The van der Waals surface area contributed by atoms with Crippen molar-refractivity contribution in [3.8, 4) is 0 Å². The number of allylic oxidation sites excluding steroid dienone is 1. The Morgan fingerprint density at radius 1 is 1.31 bits per heavy atom. The van der Waals surface area contributed by atoms with E-state index in [9.17, 15) is 17.2 Å². The van der Waals surface area contributed by atoms with Crippen LogP contribution in [0.3, 0.4) is 0 Å². The molecule has 1 spiro atoms. The van der Waals surface area contributed by atoms with Gasteiger partial charge in [-0.15, -0.1) is 0 Å². The minimum Gasteiger partial charge on any atom is -0.369 e. The van der Waals surface area contributed by atoms with Crippen LogP contribution in [0.1, 0.15) is 39.0 Å². The minimum atomic E-state index is -4.52. The van der Waals surface area contributed by atoms with E-state index in [0.29, 0.717) is 25.0 Å². The number of rotatable bonds is 6. The molecule has 2 saturated heterocycles. The maximum Gasteiger partial charge on any atom is 0.267 e. The summed E-state index contributed by atoms with van der Waals surface area (Å²) in [6.45, 7) is 12.6. The molecule has 1 aliphatic carbocycles. The van der Waals surface area contributed by atoms with Gasteiger partial charge in [-0.25, -0.2) is 17.2 Å². The number of piperidine rings is 1. The van der Waals surface area contributed by atoms with Gasteiger partial charge in [0.1, 0.15) is 10.8 Å². The number of anilines is 1. The summed E-state index contributed by atoms with van der Waals surface area (Å²) in [5.74, 6) is -1.78. The SMILES string of the molecule is C=CC(=C)NS(=O)(=O)c1c(F)cc(N2CC3(CCCC3N3CCC[C@@H](C)C3)C2)c(Cl)c1F. The van der Waals surface area contributed by atoms with E-state index in [1.807, 2.05) is 9.62 Å². The Bertz CT molecular complexity index is 1040. The van der Waals surface area contributed by atoms with Gasteiger partial charge in [0.2, 0.25) is 0 Å². The number of sulfonamides is 1. The number of benzene rings is 1. The Labute approximate surface area is 194 Å². The molecule has 0 aromatic heterocycles. The molecule has 1 N–H and O–H groups in total. The largest absolute Gasteiger partial charge is 0.369 e. The molecule has 2 atom stereocenters. The predicted molar refractivity (Wildman–Crippen MR) is 123 cm³/mol. The Morgan fingerprint density at radius 3 is 2.69 bits per heavy atom. The Kier molecular flexibility index (Phi) is 6.33. The van der Waals surface area contributed by atoms with Gasteiger partial charge in [0.15, 0.2) is 10.7 Å². The van der Waals surface area contributed by atoms with E-state index < -0.39 is 26.6 Å². The fourth-order valence-corrected chi connectivity index (χ4v) is 7.27. The lowest BCUT2D eigenvalue weighted by molar-refractivity contribution is 0.0354. The molecule has 176 valence electrons. The van der Waals surface area contributed by atoms with Crippen molar-refractivity contribution in [2.45, 2.75) is 50.0 Å². The maximum atomic E-state index is 15.0. The van der Waals surface area contributed by atoms with Gasteiger partial charge in [-0.3, -0.25) is 9.62 Å². The Morgan fingerprint density at radius 2 is 2.03 bits per heavy atom. The quantitative estimate of drug-likeness (QED) is 0.469. The first kappa shape index (κ1) is 23.5. The van der Waals surface area contributed by atoms with Crippen LogP contribution in [0.5, 0.6) is 0 Å². The molecule has 5 nitrogen and oxygen atoms in total. The highest BCUT2D eigenvalue weighted by Crippen LogP contribution is 2.51. The summed E-state index contributed by atoms with van der Waals surface area (Å²) < 4.78 is 56.7. The molecule has 2 heterocycles. The second-order valence-corrected chi connectivity index (χ2v) is 11.5. The molecule has 0 radical (unpaired) electrons. The molecular weight excluding hydrogens is 456 g/mol. The average Bonchev–Trinajstić information content (AvgIpc) is 3.14. The van der Waals surface area contributed by atoms with Gasteiger partial charge >= 0.3 is 0 Å². The summed E-state index contributed by atoms with van der Waals surface area (Å²) in [4.78, 5) is 3.37. The van der Waals surface area contributed by atoms with E-state index in [0.717, 1.165) is 44.5 Å². The molecule has 1 unspecified atom stereocenters. The third kappa shape index (κ3) is 4.05. The molecule has 0 amide bonds. The number of likely N-dealkylation sites (tertiary alicyclic amines) is 1. The second kappa shape index (κ2) is 8.61. The average molecular weight is 486 g/mol. The van der Waals surface area contributed by atoms with Gasteiger partial charge in [-0.05, 0) is 44.2 Å². The normalized spacial score (nSPS) is 25.6. The summed E-state index contributed by atoms with van der Waals surface area (Å²) in [5.41, 5.74) is 0.209. The molecule has 3 aliphatic rings. The smallest absolute Gasteiger partial charge is 0.267 e. The molecule has 3 fully saturated rings. The van der Waals surface area contributed by atoms with Gasteiger partial charge in [0.25, 0.3) is 10.0 Å². The Balaban J connectivity index is 1.56. The highest BCUT2D eigenvalue weighted by molar-refractivity contribution is 7.89. The van der Waals surface area contributed by atoms with E-state index in [1.54, 1.807) is 0 Å². The number of nitrogens with zero attached hydrogens (tertiary/aromatic N) is 2. The molecule has 1 aromatic rings. The van der Waals surface area contributed by atoms with Gasteiger partial charge in [0, 0.05) is 42.9 Å². The summed E-state index contributed by atoms with van der Waals surface area (Å²) >= 11 is 6.23. The Hall–Kier alpha value is -1.64. The summed E-state index contributed by atoms with van der Waals surface area (Å²) in [5, 5.41) is -0.382. The van der Waals surface area contributed by atoms with Crippen molar-refractivity contribution < 1.29 is 17.2 Å². The van der Waals surface area contributed by atoms with E-state index in [1.165, 1.54) is 12.8 Å². The lowest BCUT2D eigenvalue weighted by atomic mass is 9.73. The molecule has 0 bridgehead atoms. The van der Waals surface area contributed by atoms with Gasteiger partial charge < -0.3 is 4.90 Å². The number of halogens is 3. The van der Waals surface area contributed by atoms with E-state index in [2.05, 4.69) is 25.0 Å². The topological polar surface area (TPSA) is 52.7 Å². The lowest BCUT2D eigenvalue weighted by Gasteiger charge is -2.56. The first-order valence-electron chi connectivity index (χ1n) is 11.1. The van der Waals surface area contributed by atoms with Crippen molar-refractivity contribution in [1.29, 1.82) is 0 Å². The highest BCUT2D eigenvalue weighted by Gasteiger charge is 2.54. The van der Waals surface area contributed by atoms with Crippen LogP contribution >= 0.6 is 11.6 Å². The number of hydrogen-bond acceptors (Lipinski definition) is 4. The zero-order chi connectivity index (χ0) is 23.3. The molecule has 4 rings (SSSR count). The summed E-state index contributed by atoms with van der Waals surface area (Å²) in [6.07, 6.45) is 7.00. The van der Waals surface area contributed by atoms with Gasteiger partial charge in [-0.2, -0.15) is 0 Å². The molecule has 32 heavy (non-hydrogen) atoms. The van der Waals surface area contributed by atoms with E-state index in [4.69, 9.17) is 11.6 Å². The van der Waals surface area contributed by atoms with Crippen molar-refractivity contribution in [3.05, 3.63) is 47.7 Å². The van der Waals surface area contributed by atoms with Crippen molar-refractivity contribution in [3.63, 3.8) is 0 Å². The van der Waals surface area contributed by atoms with Crippen LogP contribution < -0.4 is 9.62 Å². The van der Waals surface area contributed by atoms with Crippen LogP contribution in [0.15, 0.2) is 35.9 Å². The fraction of sp³-hybridized carbons (Fsp3) is 0.565. The predicted octanol–water partition coefficient (Wildman–Crippen LogP) is 4.69. The lowest BCUT2D eigenvalue weighted by Crippen LogP contribution is -2.64. The monoisotopic (exact) mass is 485 g/mol. The van der Waals surface area contributed by atoms with Crippen molar-refractivity contribution in [2.24, 2.45) is 11.3 Å². The summed E-state index contributed by atoms with van der Waals surface area (Å²) in [6, 6.07) is 1.50. The molecular formula is C23H30ClF2N3O2S. The van der Waals surface area contributed by atoms with Crippen LogP contribution in [0.2, 0.25) is 5.02 Å². The van der Waals surface area contributed by atoms with Crippen molar-refractivity contribution in [2.75, 3.05) is 31.1 Å². The molecule has 1 aromatic carbocycles. The zero-order valence-corrected chi connectivity index (χ0v) is 19.9. The standard InChI is InChI=1S/C23H30ClF2N3O2S/c1-4-16(3)27-32(30,31)22-17(25)11-18(20(24)21(22)26)29-13-23(14-29)9-5-8-19(23)28-10-6-7-15(2)12-28/h4,11,15,19,27H,1,3,5-10,12-14H2,2H3/t15-,19?/m1/s1. The summed E-state index contributed by atoms with van der Waals surface area (Å²) in [7, 11) is -4.52. The second-order valence-electron chi connectivity index (χ2n) is 9.54. The first-order valence-corrected chi connectivity index (χ1v) is 12.9. The van der Waals surface area contributed by atoms with Gasteiger partial charge in [-0.1, -0.05) is 38.1 Å².